The first kappa shape index (κ1) is 25.3. The minimum Gasteiger partial charge on any atom is -0.507 e. The number of nitrogens with zero attached hydrogens (tertiary/aromatic N) is 1. The molecule has 1 unspecified atom stereocenters. The molecule has 0 bridgehead atoms. The third-order valence-electron chi connectivity index (χ3n) is 5.89. The highest BCUT2D eigenvalue weighted by Gasteiger charge is 2.46. The summed E-state index contributed by atoms with van der Waals surface area (Å²) in [7, 11) is 2.82. The number of ether oxygens (including phenoxy) is 2. The lowest BCUT2D eigenvalue weighted by Gasteiger charge is -2.25. The maximum Gasteiger partial charge on any atom is 0.337 e. The van der Waals surface area contributed by atoms with Crippen LogP contribution in [0.5, 0.6) is 5.75 Å². The number of carbonyl (C=O) groups excluding carboxylic acids is 3. The maximum atomic E-state index is 13.2. The number of halogens is 2. The number of aliphatic hydroxyl groups excluding tert-OH is 1. The molecule has 1 N–H and O–H groups in total. The quantitative estimate of drug-likeness (QED) is 0.200. The van der Waals surface area contributed by atoms with Crippen LogP contribution in [0, 0.1) is 0 Å². The van der Waals surface area contributed by atoms with Crippen LogP contribution in [0.4, 0.5) is 0 Å². The van der Waals surface area contributed by atoms with E-state index in [2.05, 4.69) is 0 Å². The van der Waals surface area contributed by atoms with Crippen molar-refractivity contribution in [2.45, 2.75) is 12.6 Å². The van der Waals surface area contributed by atoms with Gasteiger partial charge in [-0.25, -0.2) is 4.79 Å². The number of aliphatic hydroxyl groups is 1. The fourth-order valence-electron chi connectivity index (χ4n) is 4.04. The van der Waals surface area contributed by atoms with E-state index in [9.17, 15) is 19.5 Å². The number of carbonyl (C=O) groups is 3. The Morgan fingerprint density at radius 2 is 1.56 bits per heavy atom. The molecule has 1 aliphatic heterocycles. The molecule has 0 aliphatic carbocycles. The zero-order chi connectivity index (χ0) is 26.0. The number of ketones is 1. The molecule has 1 saturated heterocycles. The number of esters is 1. The molecule has 184 valence electrons. The number of hydrogen-bond donors (Lipinski definition) is 1. The zero-order valence-corrected chi connectivity index (χ0v) is 20.8. The molecule has 3 aromatic carbocycles. The van der Waals surface area contributed by atoms with E-state index in [-0.39, 0.29) is 33.5 Å². The highest BCUT2D eigenvalue weighted by Crippen LogP contribution is 2.41. The van der Waals surface area contributed by atoms with Gasteiger partial charge in [-0.05, 0) is 53.6 Å². The van der Waals surface area contributed by atoms with Gasteiger partial charge in [-0.15, -0.1) is 0 Å². The highest BCUT2D eigenvalue weighted by molar-refractivity contribution is 6.46. The van der Waals surface area contributed by atoms with Crippen molar-refractivity contribution in [2.75, 3.05) is 14.2 Å². The number of hydrogen-bond acceptors (Lipinski definition) is 6. The Morgan fingerprint density at radius 1 is 0.917 bits per heavy atom. The lowest BCUT2D eigenvalue weighted by Crippen LogP contribution is -2.29. The van der Waals surface area contributed by atoms with E-state index in [0.29, 0.717) is 22.4 Å². The summed E-state index contributed by atoms with van der Waals surface area (Å²) in [5.74, 6) is -1.85. The molecular formula is C27H21Cl2NO6. The first-order valence-electron chi connectivity index (χ1n) is 10.8. The lowest BCUT2D eigenvalue weighted by molar-refractivity contribution is -0.140. The molecule has 1 atom stereocenters. The largest absolute Gasteiger partial charge is 0.507 e. The van der Waals surface area contributed by atoms with E-state index >= 15 is 0 Å². The number of likely N-dealkylation sites (tertiary alicyclic amines) is 1. The molecule has 1 fully saturated rings. The van der Waals surface area contributed by atoms with Gasteiger partial charge in [0.15, 0.2) is 0 Å². The average Bonchev–Trinajstić information content (AvgIpc) is 3.14. The van der Waals surface area contributed by atoms with Crippen molar-refractivity contribution in [1.82, 2.24) is 4.90 Å². The van der Waals surface area contributed by atoms with Gasteiger partial charge in [0.2, 0.25) is 0 Å². The lowest BCUT2D eigenvalue weighted by atomic mass is 9.95. The summed E-state index contributed by atoms with van der Waals surface area (Å²) in [6.45, 7) is 0.0564. The first-order valence-corrected chi connectivity index (χ1v) is 11.6. The minimum absolute atomic E-state index is 0.0564. The Labute approximate surface area is 217 Å². The van der Waals surface area contributed by atoms with Crippen LogP contribution in [0.2, 0.25) is 10.0 Å². The predicted molar refractivity (Wildman–Crippen MR) is 135 cm³/mol. The smallest absolute Gasteiger partial charge is 0.337 e. The standard InChI is InChI=1S/C27H21Cl2NO6/c1-35-19-10-7-16(8-11-19)23-22(24(31)18-9-12-20(28)21(29)13-18)25(32)26(33)30(23)14-15-3-5-17(6-4-15)27(34)36-2/h3-13,23,31H,14H2,1-2H3/b24-22-. The molecule has 9 heteroatoms. The van der Waals surface area contributed by atoms with Crippen molar-refractivity contribution < 1.29 is 29.0 Å². The molecule has 0 aromatic heterocycles. The summed E-state index contributed by atoms with van der Waals surface area (Å²) < 4.78 is 9.95. The predicted octanol–water partition coefficient (Wildman–Crippen LogP) is 5.41. The van der Waals surface area contributed by atoms with E-state index in [1.165, 1.54) is 37.3 Å². The molecular weight excluding hydrogens is 505 g/mol. The Bertz CT molecular complexity index is 1370. The summed E-state index contributed by atoms with van der Waals surface area (Å²) >= 11 is 12.1. The van der Waals surface area contributed by atoms with E-state index in [1.54, 1.807) is 48.5 Å². The van der Waals surface area contributed by atoms with E-state index in [1.807, 2.05) is 0 Å². The second kappa shape index (κ2) is 10.4. The third-order valence-corrected chi connectivity index (χ3v) is 6.63. The molecule has 7 nitrogen and oxygen atoms in total. The number of rotatable bonds is 6. The van der Waals surface area contributed by atoms with Gasteiger partial charge in [-0.3, -0.25) is 9.59 Å². The normalized spacial score (nSPS) is 16.8. The summed E-state index contributed by atoms with van der Waals surface area (Å²) in [5.41, 5.74) is 1.81. The third kappa shape index (κ3) is 4.80. The number of amides is 1. The summed E-state index contributed by atoms with van der Waals surface area (Å²) in [6.07, 6.45) is 0. The fourth-order valence-corrected chi connectivity index (χ4v) is 4.33. The van der Waals surface area contributed by atoms with Crippen molar-refractivity contribution >= 4 is 46.6 Å². The van der Waals surface area contributed by atoms with Crippen molar-refractivity contribution in [3.05, 3.63) is 105 Å². The molecule has 0 radical (unpaired) electrons. The maximum absolute atomic E-state index is 13.2. The van der Waals surface area contributed by atoms with Crippen molar-refractivity contribution in [1.29, 1.82) is 0 Å². The summed E-state index contributed by atoms with van der Waals surface area (Å²) in [5, 5.41) is 11.7. The SMILES string of the molecule is COC(=O)c1ccc(CN2C(=O)C(=O)/C(=C(\O)c3ccc(Cl)c(Cl)c3)C2c2ccc(OC)cc2)cc1. The van der Waals surface area contributed by atoms with Crippen LogP contribution in [0.15, 0.2) is 72.3 Å². The Morgan fingerprint density at radius 3 is 2.14 bits per heavy atom. The summed E-state index contributed by atoms with van der Waals surface area (Å²) in [4.78, 5) is 39.5. The monoisotopic (exact) mass is 525 g/mol. The molecule has 1 aliphatic rings. The Balaban J connectivity index is 1.80. The highest BCUT2D eigenvalue weighted by atomic mass is 35.5. The molecule has 1 heterocycles. The van der Waals surface area contributed by atoms with Crippen molar-refractivity contribution in [2.24, 2.45) is 0 Å². The first-order chi connectivity index (χ1) is 17.2. The van der Waals surface area contributed by atoms with E-state index in [0.717, 1.165) is 0 Å². The second-order valence-corrected chi connectivity index (χ2v) is 8.83. The second-order valence-electron chi connectivity index (χ2n) is 8.02. The van der Waals surface area contributed by atoms with Crippen LogP contribution in [0.3, 0.4) is 0 Å². The molecule has 3 aromatic rings. The topological polar surface area (TPSA) is 93.1 Å². The van der Waals surface area contributed by atoms with Crippen molar-refractivity contribution in [3.63, 3.8) is 0 Å². The van der Waals surface area contributed by atoms with Gasteiger partial charge in [-0.1, -0.05) is 47.5 Å². The minimum atomic E-state index is -0.884. The van der Waals surface area contributed by atoms with Gasteiger partial charge in [0.1, 0.15) is 11.5 Å². The average molecular weight is 526 g/mol. The van der Waals surface area contributed by atoms with E-state index in [4.69, 9.17) is 32.7 Å². The molecule has 36 heavy (non-hydrogen) atoms. The number of Topliss-reactive ketones (excluding diaryl/α,β-unsaturated/α-hetero) is 1. The Hall–Kier alpha value is -3.81. The van der Waals surface area contributed by atoms with Gasteiger partial charge in [-0.2, -0.15) is 0 Å². The van der Waals surface area contributed by atoms with Gasteiger partial charge in [0.25, 0.3) is 11.7 Å². The van der Waals surface area contributed by atoms with Gasteiger partial charge >= 0.3 is 5.97 Å². The Kier molecular flexibility index (Phi) is 7.33. The van der Waals surface area contributed by atoms with Gasteiger partial charge < -0.3 is 19.5 Å². The molecule has 4 rings (SSSR count). The van der Waals surface area contributed by atoms with Crippen molar-refractivity contribution in [3.8, 4) is 5.75 Å². The number of benzene rings is 3. The summed E-state index contributed by atoms with van der Waals surface area (Å²) in [6, 6.07) is 17.0. The van der Waals surface area contributed by atoms with Gasteiger partial charge in [0.05, 0.1) is 41.4 Å². The van der Waals surface area contributed by atoms with Gasteiger partial charge in [0, 0.05) is 12.1 Å². The zero-order valence-electron chi connectivity index (χ0n) is 19.3. The van der Waals surface area contributed by atoms with Crippen LogP contribution in [0.1, 0.15) is 33.1 Å². The van der Waals surface area contributed by atoms with Crippen LogP contribution in [-0.2, 0) is 20.9 Å². The van der Waals surface area contributed by atoms with Crippen LogP contribution >= 0.6 is 23.2 Å². The van der Waals surface area contributed by atoms with E-state index < -0.39 is 23.7 Å². The molecule has 0 saturated carbocycles. The van der Waals surface area contributed by atoms with Crippen LogP contribution < -0.4 is 4.74 Å². The fraction of sp³-hybridized carbons (Fsp3) is 0.148. The van der Waals surface area contributed by atoms with Crippen LogP contribution in [0.25, 0.3) is 5.76 Å². The molecule has 0 spiro atoms. The number of methoxy groups -OCH3 is 2. The van der Waals surface area contributed by atoms with Crippen LogP contribution in [-0.4, -0.2) is 41.9 Å². The molecule has 1 amide bonds.